The van der Waals surface area contributed by atoms with E-state index in [0.29, 0.717) is 23.1 Å². The van der Waals surface area contributed by atoms with Crippen LogP contribution >= 0.6 is 0 Å². The van der Waals surface area contributed by atoms with E-state index in [0.717, 1.165) is 32.1 Å². The van der Waals surface area contributed by atoms with Gasteiger partial charge in [-0.2, -0.15) is 18.3 Å². The van der Waals surface area contributed by atoms with Crippen LogP contribution in [0.1, 0.15) is 24.2 Å². The number of nitrogens with zero attached hydrogens (tertiary/aromatic N) is 4. The third-order valence-corrected chi connectivity index (χ3v) is 4.81. The number of carbonyl (C=O) groups is 1. The summed E-state index contributed by atoms with van der Waals surface area (Å²) in [6.07, 6.45) is 0.555. The van der Waals surface area contributed by atoms with Gasteiger partial charge in [0.2, 0.25) is 0 Å². The van der Waals surface area contributed by atoms with Crippen LogP contribution in [0.2, 0.25) is 0 Å². The molecular weight excluding hydrogens is 371 g/mol. The molecule has 0 bridgehead atoms. The molecule has 4 heterocycles. The molecule has 146 valence electrons. The molecular formula is C19H18F3N5O. The van der Waals surface area contributed by atoms with Crippen LogP contribution in [-0.2, 0) is 17.4 Å². The number of H-pyrrole nitrogens is 1. The Bertz CT molecular complexity index is 1010. The molecule has 1 aliphatic heterocycles. The number of halogens is 3. The molecule has 1 fully saturated rings. The number of nitrogens with one attached hydrogen (secondary N) is 1. The molecule has 6 nitrogen and oxygen atoms in total. The highest BCUT2D eigenvalue weighted by atomic mass is 19.4. The molecule has 1 aliphatic rings. The minimum Gasteiger partial charge on any atom is -0.298 e. The van der Waals surface area contributed by atoms with E-state index in [4.69, 9.17) is 0 Å². The average Bonchev–Trinajstić information content (AvgIpc) is 3.32. The molecule has 0 aliphatic carbocycles. The minimum absolute atomic E-state index is 0.0686. The van der Waals surface area contributed by atoms with Crippen LogP contribution in [0, 0.1) is 0 Å². The predicted octanol–water partition coefficient (Wildman–Crippen LogP) is 3.25. The van der Waals surface area contributed by atoms with E-state index in [2.05, 4.69) is 20.0 Å². The van der Waals surface area contributed by atoms with Crippen LogP contribution < -0.4 is 0 Å². The van der Waals surface area contributed by atoms with Crippen LogP contribution in [0.5, 0.6) is 0 Å². The molecule has 3 aromatic rings. The zero-order chi connectivity index (χ0) is 19.7. The smallest absolute Gasteiger partial charge is 0.298 e. The van der Waals surface area contributed by atoms with Gasteiger partial charge in [0.15, 0.2) is 5.78 Å². The Kier molecular flexibility index (Phi) is 4.84. The number of likely N-dealkylation sites (tertiary alicyclic amines) is 1. The van der Waals surface area contributed by atoms with Gasteiger partial charge in [0.1, 0.15) is 5.69 Å². The zero-order valence-electron chi connectivity index (χ0n) is 15.0. The molecule has 0 amide bonds. The first kappa shape index (κ1) is 18.5. The van der Waals surface area contributed by atoms with Gasteiger partial charge in [-0.15, -0.1) is 0 Å². The van der Waals surface area contributed by atoms with Crippen molar-refractivity contribution < 1.29 is 18.0 Å². The fraction of sp³-hybridized carbons (Fsp3) is 0.368. The number of alkyl halides is 3. The number of hydrogen-bond acceptors (Lipinski definition) is 5. The van der Waals surface area contributed by atoms with Gasteiger partial charge in [0.25, 0.3) is 0 Å². The van der Waals surface area contributed by atoms with E-state index in [-0.39, 0.29) is 23.5 Å². The van der Waals surface area contributed by atoms with E-state index >= 15 is 0 Å². The molecule has 0 atom stereocenters. The van der Waals surface area contributed by atoms with Gasteiger partial charge in [-0.05, 0) is 44.1 Å². The van der Waals surface area contributed by atoms with Crippen molar-refractivity contribution in [3.05, 3.63) is 42.0 Å². The van der Waals surface area contributed by atoms with Crippen molar-refractivity contribution >= 4 is 16.7 Å². The first-order valence-corrected chi connectivity index (χ1v) is 9.01. The maximum atomic E-state index is 13.1. The Morgan fingerprint density at radius 1 is 1.18 bits per heavy atom. The molecule has 0 radical (unpaired) electrons. The number of hydrogen-bond donors (Lipinski definition) is 1. The summed E-state index contributed by atoms with van der Waals surface area (Å²) in [6, 6.07) is 4.82. The molecule has 1 saturated heterocycles. The molecule has 1 N–H and O–H groups in total. The van der Waals surface area contributed by atoms with Crippen molar-refractivity contribution in [3.8, 4) is 11.3 Å². The van der Waals surface area contributed by atoms with Crippen molar-refractivity contribution in [2.75, 3.05) is 19.6 Å². The van der Waals surface area contributed by atoms with Crippen molar-refractivity contribution in [2.24, 2.45) is 0 Å². The van der Waals surface area contributed by atoms with Gasteiger partial charge >= 0.3 is 6.18 Å². The van der Waals surface area contributed by atoms with E-state index in [1.165, 1.54) is 6.07 Å². The maximum Gasteiger partial charge on any atom is 0.433 e. The molecule has 0 spiro atoms. The van der Waals surface area contributed by atoms with Gasteiger partial charge < -0.3 is 0 Å². The molecule has 0 saturated carbocycles. The number of pyridine rings is 2. The van der Waals surface area contributed by atoms with E-state index in [9.17, 15) is 18.0 Å². The minimum atomic E-state index is -4.55. The standard InChI is InChI=1S/C19H18F3N5O/c20-19(21,22)18-15(10-24-26-18)16-4-3-12-9-23-13(8-17(12)25-16)7-14(28)11-27-5-1-2-6-27/h3-4,8-10H,1-2,5-7,11H2,(H,24,26). The molecule has 4 rings (SSSR count). The van der Waals surface area contributed by atoms with Crippen molar-refractivity contribution in [3.63, 3.8) is 0 Å². The molecule has 28 heavy (non-hydrogen) atoms. The summed E-state index contributed by atoms with van der Waals surface area (Å²) < 4.78 is 39.3. The highest BCUT2D eigenvalue weighted by molar-refractivity contribution is 5.85. The van der Waals surface area contributed by atoms with E-state index < -0.39 is 11.9 Å². The first-order valence-electron chi connectivity index (χ1n) is 9.01. The second kappa shape index (κ2) is 7.31. The third kappa shape index (κ3) is 3.89. The van der Waals surface area contributed by atoms with Gasteiger partial charge in [-0.3, -0.25) is 19.8 Å². The number of ketones is 1. The summed E-state index contributed by atoms with van der Waals surface area (Å²) in [5.74, 6) is 0.0686. The lowest BCUT2D eigenvalue weighted by Crippen LogP contribution is -2.27. The lowest BCUT2D eigenvalue weighted by Gasteiger charge is -2.13. The number of aromatic nitrogens is 4. The fourth-order valence-electron chi connectivity index (χ4n) is 3.45. The summed E-state index contributed by atoms with van der Waals surface area (Å²) in [7, 11) is 0. The van der Waals surface area contributed by atoms with Crippen LogP contribution in [-0.4, -0.2) is 50.5 Å². The highest BCUT2D eigenvalue weighted by Crippen LogP contribution is 2.35. The Balaban J connectivity index is 1.59. The highest BCUT2D eigenvalue weighted by Gasteiger charge is 2.36. The lowest BCUT2D eigenvalue weighted by atomic mass is 10.1. The van der Waals surface area contributed by atoms with Gasteiger partial charge in [0.05, 0.1) is 35.9 Å². The summed E-state index contributed by atoms with van der Waals surface area (Å²) in [5.41, 5.74) is 0.164. The summed E-state index contributed by atoms with van der Waals surface area (Å²) in [6.45, 7) is 2.28. The van der Waals surface area contributed by atoms with Crippen LogP contribution in [0.3, 0.4) is 0 Å². The Hall–Kier alpha value is -2.81. The lowest BCUT2D eigenvalue weighted by molar-refractivity contribution is -0.140. The second-order valence-corrected chi connectivity index (χ2v) is 6.92. The van der Waals surface area contributed by atoms with Crippen molar-refractivity contribution in [1.29, 1.82) is 0 Å². The summed E-state index contributed by atoms with van der Waals surface area (Å²) >= 11 is 0. The fourth-order valence-corrected chi connectivity index (χ4v) is 3.45. The molecule has 0 aromatic carbocycles. The van der Waals surface area contributed by atoms with Gasteiger partial charge in [0, 0.05) is 17.3 Å². The van der Waals surface area contributed by atoms with E-state index in [1.54, 1.807) is 18.3 Å². The van der Waals surface area contributed by atoms with Crippen LogP contribution in [0.15, 0.2) is 30.6 Å². The number of Topliss-reactive ketones (excluding diaryl/α,β-unsaturated/α-hetero) is 1. The van der Waals surface area contributed by atoms with Crippen LogP contribution in [0.4, 0.5) is 13.2 Å². The molecule has 9 heteroatoms. The maximum absolute atomic E-state index is 13.1. The Morgan fingerprint density at radius 2 is 1.96 bits per heavy atom. The largest absolute Gasteiger partial charge is 0.433 e. The van der Waals surface area contributed by atoms with Gasteiger partial charge in [-0.1, -0.05) is 0 Å². The number of fused-ring (bicyclic) bond motifs is 1. The average molecular weight is 389 g/mol. The third-order valence-electron chi connectivity index (χ3n) is 4.81. The Morgan fingerprint density at radius 3 is 2.71 bits per heavy atom. The van der Waals surface area contributed by atoms with E-state index in [1.807, 2.05) is 5.10 Å². The molecule has 0 unspecified atom stereocenters. The normalized spacial score (nSPS) is 15.4. The summed E-state index contributed by atoms with van der Waals surface area (Å²) in [4.78, 5) is 23.0. The van der Waals surface area contributed by atoms with Crippen molar-refractivity contribution in [2.45, 2.75) is 25.4 Å². The van der Waals surface area contributed by atoms with Crippen molar-refractivity contribution in [1.82, 2.24) is 25.1 Å². The topological polar surface area (TPSA) is 74.8 Å². The quantitative estimate of drug-likeness (QED) is 0.725. The van der Waals surface area contributed by atoms with Gasteiger partial charge in [-0.25, -0.2) is 4.98 Å². The number of carbonyl (C=O) groups excluding carboxylic acids is 1. The first-order chi connectivity index (χ1) is 13.4. The predicted molar refractivity (Wildman–Crippen MR) is 96.5 cm³/mol. The van der Waals surface area contributed by atoms with Crippen LogP contribution in [0.25, 0.3) is 22.2 Å². The second-order valence-electron chi connectivity index (χ2n) is 6.92. The molecule has 3 aromatic heterocycles. The zero-order valence-corrected chi connectivity index (χ0v) is 15.0. The summed E-state index contributed by atoms with van der Waals surface area (Å²) in [5, 5.41) is 6.18. The number of aromatic amines is 1. The Labute approximate surface area is 158 Å². The number of rotatable bonds is 5. The SMILES string of the molecule is O=C(Cc1cc2nc(-c3cn[nH]c3C(F)(F)F)ccc2cn1)CN1CCCC1. The monoisotopic (exact) mass is 389 g/mol.